The van der Waals surface area contributed by atoms with Gasteiger partial charge in [-0.2, -0.15) is 0 Å². The zero-order valence-electron chi connectivity index (χ0n) is 13.3. The highest BCUT2D eigenvalue weighted by molar-refractivity contribution is 7.80. The SMILES string of the molecule is COC(=O)CN(Cc1ccccc1)C(=S)Nc1ccccc1C. The predicted octanol–water partition coefficient (Wildman–Crippen LogP) is 3.37. The summed E-state index contributed by atoms with van der Waals surface area (Å²) >= 11 is 5.49. The third-order valence-electron chi connectivity index (χ3n) is 3.44. The molecule has 0 saturated carbocycles. The molecule has 0 aliphatic carbocycles. The van der Waals surface area contributed by atoms with Gasteiger partial charge in [0, 0.05) is 12.2 Å². The van der Waals surface area contributed by atoms with Crippen molar-refractivity contribution in [2.24, 2.45) is 0 Å². The molecule has 4 nitrogen and oxygen atoms in total. The highest BCUT2D eigenvalue weighted by Crippen LogP contribution is 2.15. The number of anilines is 1. The monoisotopic (exact) mass is 328 g/mol. The Morgan fingerprint density at radius 1 is 1.13 bits per heavy atom. The van der Waals surface area contributed by atoms with Crippen LogP contribution >= 0.6 is 12.2 Å². The van der Waals surface area contributed by atoms with Crippen molar-refractivity contribution in [1.82, 2.24) is 4.90 Å². The Labute approximate surface area is 142 Å². The van der Waals surface area contributed by atoms with E-state index >= 15 is 0 Å². The van der Waals surface area contributed by atoms with E-state index in [1.165, 1.54) is 7.11 Å². The van der Waals surface area contributed by atoms with E-state index in [2.05, 4.69) is 5.32 Å². The minimum Gasteiger partial charge on any atom is -0.468 e. The second-order valence-corrected chi connectivity index (χ2v) is 5.55. The van der Waals surface area contributed by atoms with Gasteiger partial charge in [0.05, 0.1) is 7.11 Å². The number of hydrogen-bond acceptors (Lipinski definition) is 3. The molecule has 0 atom stereocenters. The molecule has 0 aliphatic rings. The van der Waals surface area contributed by atoms with Gasteiger partial charge in [0.15, 0.2) is 5.11 Å². The number of ether oxygens (including phenoxy) is 1. The molecular weight excluding hydrogens is 308 g/mol. The van der Waals surface area contributed by atoms with Crippen LogP contribution in [0.25, 0.3) is 0 Å². The number of nitrogens with zero attached hydrogens (tertiary/aromatic N) is 1. The van der Waals surface area contributed by atoms with Gasteiger partial charge in [-0.25, -0.2) is 0 Å². The number of carbonyl (C=O) groups excluding carboxylic acids is 1. The van der Waals surface area contributed by atoms with Crippen LogP contribution in [0.1, 0.15) is 11.1 Å². The summed E-state index contributed by atoms with van der Waals surface area (Å²) in [5.41, 5.74) is 3.10. The molecule has 0 unspecified atom stereocenters. The van der Waals surface area contributed by atoms with E-state index in [1.807, 2.05) is 61.5 Å². The van der Waals surface area contributed by atoms with Crippen LogP contribution in [-0.4, -0.2) is 29.6 Å². The number of para-hydroxylation sites is 1. The quantitative estimate of drug-likeness (QED) is 0.673. The highest BCUT2D eigenvalue weighted by atomic mass is 32.1. The minimum atomic E-state index is -0.324. The van der Waals surface area contributed by atoms with Crippen LogP contribution < -0.4 is 5.32 Å². The van der Waals surface area contributed by atoms with Crippen LogP contribution in [0.3, 0.4) is 0 Å². The number of thiocarbonyl (C=S) groups is 1. The fourth-order valence-corrected chi connectivity index (χ4v) is 2.37. The molecule has 120 valence electrons. The molecule has 2 aromatic rings. The average molecular weight is 328 g/mol. The smallest absolute Gasteiger partial charge is 0.325 e. The average Bonchev–Trinajstić information content (AvgIpc) is 2.57. The predicted molar refractivity (Wildman–Crippen MR) is 96.3 cm³/mol. The number of rotatable bonds is 5. The topological polar surface area (TPSA) is 41.6 Å². The summed E-state index contributed by atoms with van der Waals surface area (Å²) in [4.78, 5) is 13.5. The molecular formula is C18H20N2O2S. The molecule has 0 aliphatic heterocycles. The van der Waals surface area contributed by atoms with E-state index in [0.29, 0.717) is 11.7 Å². The lowest BCUT2D eigenvalue weighted by atomic mass is 10.2. The maximum Gasteiger partial charge on any atom is 0.325 e. The van der Waals surface area contributed by atoms with E-state index in [4.69, 9.17) is 17.0 Å². The number of aryl methyl sites for hydroxylation is 1. The second kappa shape index (κ2) is 8.29. The maximum atomic E-state index is 11.7. The molecule has 23 heavy (non-hydrogen) atoms. The molecule has 0 saturated heterocycles. The van der Waals surface area contributed by atoms with E-state index in [-0.39, 0.29) is 12.5 Å². The van der Waals surface area contributed by atoms with Crippen LogP contribution in [0.5, 0.6) is 0 Å². The summed E-state index contributed by atoms with van der Waals surface area (Å²) in [7, 11) is 1.38. The number of carbonyl (C=O) groups is 1. The fourth-order valence-electron chi connectivity index (χ4n) is 2.13. The second-order valence-electron chi connectivity index (χ2n) is 5.16. The third kappa shape index (κ3) is 5.07. The van der Waals surface area contributed by atoms with Gasteiger partial charge in [0.1, 0.15) is 6.54 Å². The minimum absolute atomic E-state index is 0.100. The van der Waals surface area contributed by atoms with Crippen molar-refractivity contribution in [3.8, 4) is 0 Å². The summed E-state index contributed by atoms with van der Waals surface area (Å²) in [6.45, 7) is 2.64. The Kier molecular flexibility index (Phi) is 6.11. The van der Waals surface area contributed by atoms with Crippen molar-refractivity contribution in [2.75, 3.05) is 19.0 Å². The lowest BCUT2D eigenvalue weighted by Crippen LogP contribution is -2.38. The van der Waals surface area contributed by atoms with Gasteiger partial charge in [0.25, 0.3) is 0 Å². The van der Waals surface area contributed by atoms with E-state index in [9.17, 15) is 4.79 Å². The first kappa shape index (κ1) is 17.0. The van der Waals surface area contributed by atoms with Crippen molar-refractivity contribution in [3.63, 3.8) is 0 Å². The Balaban J connectivity index is 2.13. The van der Waals surface area contributed by atoms with Gasteiger partial charge in [0.2, 0.25) is 0 Å². The van der Waals surface area contributed by atoms with Gasteiger partial charge in [-0.3, -0.25) is 4.79 Å². The first-order valence-electron chi connectivity index (χ1n) is 7.32. The van der Waals surface area contributed by atoms with Crippen LogP contribution in [0.15, 0.2) is 54.6 Å². The largest absolute Gasteiger partial charge is 0.468 e. The van der Waals surface area contributed by atoms with E-state index in [1.54, 1.807) is 4.90 Å². The van der Waals surface area contributed by atoms with Gasteiger partial charge in [-0.15, -0.1) is 0 Å². The Morgan fingerprint density at radius 2 is 1.78 bits per heavy atom. The standard InChI is InChI=1S/C18H20N2O2S/c1-14-8-6-7-11-16(14)19-18(23)20(13-17(21)22-2)12-15-9-4-3-5-10-15/h3-11H,12-13H2,1-2H3,(H,19,23). The van der Waals surface area contributed by atoms with Crippen molar-refractivity contribution in [1.29, 1.82) is 0 Å². The van der Waals surface area contributed by atoms with Crippen LogP contribution in [0.2, 0.25) is 0 Å². The molecule has 1 N–H and O–H groups in total. The van der Waals surface area contributed by atoms with Gasteiger partial charge >= 0.3 is 5.97 Å². The Hall–Kier alpha value is -2.40. The molecule has 0 amide bonds. The summed E-state index contributed by atoms with van der Waals surface area (Å²) in [5, 5.41) is 3.70. The fraction of sp³-hybridized carbons (Fsp3) is 0.222. The number of methoxy groups -OCH3 is 1. The van der Waals surface area contributed by atoms with E-state index < -0.39 is 0 Å². The number of nitrogens with one attached hydrogen (secondary N) is 1. The zero-order chi connectivity index (χ0) is 16.7. The summed E-state index contributed by atoms with van der Waals surface area (Å²) < 4.78 is 4.77. The van der Waals surface area contributed by atoms with Crippen LogP contribution in [0, 0.1) is 6.92 Å². The van der Waals surface area contributed by atoms with Gasteiger partial charge in [-0.1, -0.05) is 48.5 Å². The molecule has 0 spiro atoms. The van der Waals surface area contributed by atoms with Crippen molar-refractivity contribution in [2.45, 2.75) is 13.5 Å². The molecule has 0 aromatic heterocycles. The van der Waals surface area contributed by atoms with Gasteiger partial charge in [-0.05, 0) is 36.3 Å². The van der Waals surface area contributed by atoms with Crippen molar-refractivity contribution >= 4 is 29.0 Å². The molecule has 0 bridgehead atoms. The van der Waals surface area contributed by atoms with Crippen molar-refractivity contribution in [3.05, 3.63) is 65.7 Å². The number of esters is 1. The highest BCUT2D eigenvalue weighted by Gasteiger charge is 2.15. The Morgan fingerprint density at radius 3 is 2.43 bits per heavy atom. The summed E-state index contributed by atoms with van der Waals surface area (Å²) in [5.74, 6) is -0.324. The molecule has 0 heterocycles. The lowest BCUT2D eigenvalue weighted by Gasteiger charge is -2.25. The maximum absolute atomic E-state index is 11.7. The van der Waals surface area contributed by atoms with Crippen LogP contribution in [0.4, 0.5) is 5.69 Å². The molecule has 5 heteroatoms. The van der Waals surface area contributed by atoms with Crippen LogP contribution in [-0.2, 0) is 16.1 Å². The Bertz CT molecular complexity index is 674. The number of benzene rings is 2. The first-order chi connectivity index (χ1) is 11.1. The first-order valence-corrected chi connectivity index (χ1v) is 7.73. The molecule has 0 radical (unpaired) electrons. The number of hydrogen-bond donors (Lipinski definition) is 1. The third-order valence-corrected chi connectivity index (χ3v) is 3.80. The molecule has 2 rings (SSSR count). The summed E-state index contributed by atoms with van der Waals surface area (Å²) in [6.07, 6.45) is 0. The van der Waals surface area contributed by atoms with E-state index in [0.717, 1.165) is 16.8 Å². The zero-order valence-corrected chi connectivity index (χ0v) is 14.1. The normalized spacial score (nSPS) is 10.0. The lowest BCUT2D eigenvalue weighted by molar-refractivity contribution is -0.141. The molecule has 2 aromatic carbocycles. The summed E-state index contributed by atoms with van der Waals surface area (Å²) in [6, 6.07) is 17.8. The van der Waals surface area contributed by atoms with Gasteiger partial charge < -0.3 is 15.0 Å². The molecule has 0 fully saturated rings. The van der Waals surface area contributed by atoms with Crippen molar-refractivity contribution < 1.29 is 9.53 Å².